The van der Waals surface area contributed by atoms with Gasteiger partial charge in [0.05, 0.1) is 6.20 Å². The van der Waals surface area contributed by atoms with Gasteiger partial charge in [0.15, 0.2) is 12.2 Å². The highest BCUT2D eigenvalue weighted by Gasteiger charge is 2.10. The van der Waals surface area contributed by atoms with Crippen LogP contribution in [0.25, 0.3) is 11.3 Å². The number of anilines is 1. The van der Waals surface area contributed by atoms with Crippen LogP contribution in [0.5, 0.6) is 0 Å². The van der Waals surface area contributed by atoms with Crippen LogP contribution in [-0.2, 0) is 0 Å². The second-order valence-electron chi connectivity index (χ2n) is 4.56. The molecule has 0 fully saturated rings. The van der Waals surface area contributed by atoms with Crippen molar-refractivity contribution in [1.29, 1.82) is 0 Å². The molecule has 0 aliphatic heterocycles. The van der Waals surface area contributed by atoms with Gasteiger partial charge < -0.3 is 9.73 Å². The van der Waals surface area contributed by atoms with Crippen LogP contribution in [0.4, 0.5) is 5.69 Å². The Morgan fingerprint density at radius 2 is 1.95 bits per heavy atom. The van der Waals surface area contributed by atoms with Gasteiger partial charge >= 0.3 is 0 Å². The molecule has 0 aliphatic rings. The number of halogens is 2. The van der Waals surface area contributed by atoms with E-state index < -0.39 is 0 Å². The first-order valence-electron chi connectivity index (χ1n) is 6.38. The van der Waals surface area contributed by atoms with Crippen molar-refractivity contribution >= 4 is 34.8 Å². The third-order valence-corrected chi connectivity index (χ3v) is 3.41. The van der Waals surface area contributed by atoms with Gasteiger partial charge in [-0.15, -0.1) is 0 Å². The topological polar surface area (TPSA) is 55.1 Å². The number of oxazole rings is 1. The van der Waals surface area contributed by atoms with E-state index in [9.17, 15) is 4.79 Å². The normalized spacial score (nSPS) is 10.5. The first-order valence-corrected chi connectivity index (χ1v) is 7.14. The van der Waals surface area contributed by atoms with Crippen molar-refractivity contribution in [2.45, 2.75) is 0 Å². The molecule has 0 radical (unpaired) electrons. The van der Waals surface area contributed by atoms with E-state index in [2.05, 4.69) is 10.3 Å². The Kier molecular flexibility index (Phi) is 4.13. The lowest BCUT2D eigenvalue weighted by Gasteiger charge is -2.08. The predicted molar refractivity (Wildman–Crippen MR) is 86.4 cm³/mol. The largest absolute Gasteiger partial charge is 0.444 e. The average Bonchev–Trinajstić information content (AvgIpc) is 3.01. The zero-order chi connectivity index (χ0) is 15.5. The summed E-state index contributed by atoms with van der Waals surface area (Å²) in [6, 6.07) is 11.9. The van der Waals surface area contributed by atoms with Crippen LogP contribution in [0.3, 0.4) is 0 Å². The van der Waals surface area contributed by atoms with Gasteiger partial charge in [0, 0.05) is 26.9 Å². The van der Waals surface area contributed by atoms with Crippen molar-refractivity contribution in [3.63, 3.8) is 0 Å². The second-order valence-corrected chi connectivity index (χ2v) is 5.43. The van der Waals surface area contributed by atoms with Crippen molar-refractivity contribution in [2.24, 2.45) is 0 Å². The molecule has 3 aromatic rings. The fraction of sp³-hybridized carbons (Fsp3) is 0. The van der Waals surface area contributed by atoms with Gasteiger partial charge in [0.25, 0.3) is 5.91 Å². The molecule has 22 heavy (non-hydrogen) atoms. The van der Waals surface area contributed by atoms with Gasteiger partial charge in [-0.1, -0.05) is 29.3 Å². The lowest BCUT2D eigenvalue weighted by molar-refractivity contribution is 0.102. The summed E-state index contributed by atoms with van der Waals surface area (Å²) in [6.07, 6.45) is 2.91. The number of rotatable bonds is 3. The molecule has 6 heteroatoms. The molecule has 4 nitrogen and oxygen atoms in total. The van der Waals surface area contributed by atoms with Gasteiger partial charge in [-0.2, -0.15) is 0 Å². The van der Waals surface area contributed by atoms with Crippen LogP contribution in [-0.4, -0.2) is 10.9 Å². The van der Waals surface area contributed by atoms with Crippen LogP contribution in [0, 0.1) is 0 Å². The van der Waals surface area contributed by atoms with Crippen molar-refractivity contribution < 1.29 is 9.21 Å². The highest BCUT2D eigenvalue weighted by Crippen LogP contribution is 2.27. The monoisotopic (exact) mass is 332 g/mol. The van der Waals surface area contributed by atoms with Gasteiger partial charge in [0.1, 0.15) is 0 Å². The van der Waals surface area contributed by atoms with Crippen LogP contribution >= 0.6 is 23.2 Å². The van der Waals surface area contributed by atoms with Crippen LogP contribution in [0.15, 0.2) is 59.5 Å². The molecule has 0 unspecified atom stereocenters. The van der Waals surface area contributed by atoms with E-state index in [1.807, 2.05) is 0 Å². The Hall–Kier alpha value is -2.30. The molecule has 1 heterocycles. The third kappa shape index (κ3) is 3.30. The maximum Gasteiger partial charge on any atom is 0.255 e. The van der Waals surface area contributed by atoms with E-state index in [1.165, 1.54) is 6.39 Å². The van der Waals surface area contributed by atoms with Gasteiger partial charge in [-0.25, -0.2) is 4.98 Å². The summed E-state index contributed by atoms with van der Waals surface area (Å²) in [4.78, 5) is 16.1. The first kappa shape index (κ1) is 14.6. The summed E-state index contributed by atoms with van der Waals surface area (Å²) in [6.45, 7) is 0. The number of nitrogens with zero attached hydrogens (tertiary/aromatic N) is 1. The van der Waals surface area contributed by atoms with Crippen molar-refractivity contribution in [3.8, 4) is 11.3 Å². The Bertz CT molecular complexity index is 817. The predicted octanol–water partition coefficient (Wildman–Crippen LogP) is 4.90. The minimum absolute atomic E-state index is 0.270. The van der Waals surface area contributed by atoms with E-state index in [-0.39, 0.29) is 5.91 Å². The molecule has 1 amide bonds. The Morgan fingerprint density at radius 1 is 1.09 bits per heavy atom. The molecule has 1 aromatic heterocycles. The minimum atomic E-state index is -0.270. The maximum atomic E-state index is 12.2. The van der Waals surface area contributed by atoms with Crippen LogP contribution in [0.2, 0.25) is 10.0 Å². The Balaban J connectivity index is 1.88. The van der Waals surface area contributed by atoms with E-state index >= 15 is 0 Å². The molecule has 110 valence electrons. The fourth-order valence-electron chi connectivity index (χ4n) is 2.00. The van der Waals surface area contributed by atoms with E-state index in [0.29, 0.717) is 27.1 Å². The lowest BCUT2D eigenvalue weighted by atomic mass is 10.1. The number of nitrogens with one attached hydrogen (secondary N) is 1. The highest BCUT2D eigenvalue weighted by atomic mass is 35.5. The zero-order valence-electron chi connectivity index (χ0n) is 11.2. The van der Waals surface area contributed by atoms with Crippen molar-refractivity contribution in [1.82, 2.24) is 4.98 Å². The zero-order valence-corrected chi connectivity index (χ0v) is 12.7. The average molecular weight is 333 g/mol. The summed E-state index contributed by atoms with van der Waals surface area (Å²) in [7, 11) is 0. The van der Waals surface area contributed by atoms with Crippen molar-refractivity contribution in [2.75, 3.05) is 5.32 Å². The Labute approximate surface area is 136 Å². The Morgan fingerprint density at radius 3 is 2.68 bits per heavy atom. The summed E-state index contributed by atoms with van der Waals surface area (Å²) < 4.78 is 5.23. The number of aromatic nitrogens is 1. The maximum absolute atomic E-state index is 12.2. The number of benzene rings is 2. The molecular formula is C16H10Cl2N2O2. The van der Waals surface area contributed by atoms with Crippen LogP contribution < -0.4 is 5.32 Å². The SMILES string of the molecule is O=C(Nc1cc(Cl)cc(-c2cnco2)c1)c1cccc(Cl)c1. The van der Waals surface area contributed by atoms with Gasteiger partial charge in [-0.3, -0.25) is 4.79 Å². The van der Waals surface area contributed by atoms with Crippen LogP contribution in [0.1, 0.15) is 10.4 Å². The molecule has 0 saturated heterocycles. The molecule has 1 N–H and O–H groups in total. The minimum Gasteiger partial charge on any atom is -0.444 e. The molecule has 0 saturated carbocycles. The smallest absolute Gasteiger partial charge is 0.255 e. The summed E-state index contributed by atoms with van der Waals surface area (Å²) in [5.41, 5.74) is 1.75. The molecule has 0 atom stereocenters. The molecular weight excluding hydrogens is 323 g/mol. The highest BCUT2D eigenvalue weighted by molar-refractivity contribution is 6.31. The van der Waals surface area contributed by atoms with Crippen molar-refractivity contribution in [3.05, 3.63) is 70.7 Å². The molecule has 3 rings (SSSR count). The third-order valence-electron chi connectivity index (χ3n) is 2.96. The summed E-state index contributed by atoms with van der Waals surface area (Å²) in [5.74, 6) is 0.300. The second kappa shape index (κ2) is 6.22. The van der Waals surface area contributed by atoms with E-state index in [4.69, 9.17) is 27.6 Å². The fourth-order valence-corrected chi connectivity index (χ4v) is 2.42. The lowest BCUT2D eigenvalue weighted by Crippen LogP contribution is -2.11. The number of hydrogen-bond acceptors (Lipinski definition) is 3. The molecule has 0 spiro atoms. The van der Waals surface area contributed by atoms with E-state index in [1.54, 1.807) is 48.7 Å². The van der Waals surface area contributed by atoms with Gasteiger partial charge in [0.2, 0.25) is 0 Å². The quantitative estimate of drug-likeness (QED) is 0.742. The summed E-state index contributed by atoms with van der Waals surface area (Å²) >= 11 is 12.0. The number of amides is 1. The van der Waals surface area contributed by atoms with E-state index in [0.717, 1.165) is 5.56 Å². The van der Waals surface area contributed by atoms with Gasteiger partial charge in [-0.05, 0) is 36.4 Å². The standard InChI is InChI=1S/C16H10Cl2N2O2/c17-12-3-1-2-10(4-12)16(21)20-14-6-11(5-13(18)7-14)15-8-19-9-22-15/h1-9H,(H,20,21). The number of carbonyl (C=O) groups is 1. The summed E-state index contributed by atoms with van der Waals surface area (Å²) in [5, 5.41) is 3.77. The first-order chi connectivity index (χ1) is 10.6. The molecule has 2 aromatic carbocycles. The number of carbonyl (C=O) groups excluding carboxylic acids is 1. The molecule has 0 bridgehead atoms. The molecule has 0 aliphatic carbocycles. The number of hydrogen-bond donors (Lipinski definition) is 1.